The van der Waals surface area contributed by atoms with Crippen LogP contribution in [0.4, 0.5) is 11.5 Å². The number of amides is 1. The van der Waals surface area contributed by atoms with Crippen molar-refractivity contribution in [1.29, 1.82) is 0 Å². The topological polar surface area (TPSA) is 117 Å². The predicted octanol–water partition coefficient (Wildman–Crippen LogP) is 2.10. The predicted molar refractivity (Wildman–Crippen MR) is 129 cm³/mol. The number of carbonyl (C=O) groups is 1. The van der Waals surface area contributed by atoms with Crippen molar-refractivity contribution in [2.75, 3.05) is 31.0 Å². The van der Waals surface area contributed by atoms with Gasteiger partial charge >= 0.3 is 0 Å². The average Bonchev–Trinajstić information content (AvgIpc) is 3.14. The molecule has 4 heterocycles. The van der Waals surface area contributed by atoms with Crippen LogP contribution in [-0.4, -0.2) is 48.5 Å². The summed E-state index contributed by atoms with van der Waals surface area (Å²) in [6.07, 6.45) is 5.95. The van der Waals surface area contributed by atoms with Gasteiger partial charge in [0.15, 0.2) is 11.6 Å². The number of aromatic nitrogens is 1. The van der Waals surface area contributed by atoms with E-state index in [0.29, 0.717) is 30.4 Å². The number of benzene rings is 1. The Bertz CT molecular complexity index is 1190. The molecule has 35 heavy (non-hydrogen) atoms. The summed E-state index contributed by atoms with van der Waals surface area (Å²) in [4.78, 5) is 17.6. The number of methoxy groups -OCH3 is 1. The second-order valence-corrected chi connectivity index (χ2v) is 10.7. The Morgan fingerprint density at radius 2 is 2.20 bits per heavy atom. The first-order valence-corrected chi connectivity index (χ1v) is 12.6. The van der Waals surface area contributed by atoms with Crippen LogP contribution < -0.4 is 31.0 Å². The van der Waals surface area contributed by atoms with Crippen LogP contribution in [0.1, 0.15) is 42.7 Å². The molecule has 2 aliphatic carbocycles. The number of aliphatic hydroxyl groups excluding tert-OH is 1. The first-order valence-electron chi connectivity index (χ1n) is 12.6. The van der Waals surface area contributed by atoms with Gasteiger partial charge in [-0.3, -0.25) is 10.2 Å². The van der Waals surface area contributed by atoms with Gasteiger partial charge in [-0.1, -0.05) is 0 Å². The molecule has 7 atom stereocenters. The molecular formula is C26H31N5O4. The van der Waals surface area contributed by atoms with E-state index >= 15 is 0 Å². The fourth-order valence-corrected chi connectivity index (χ4v) is 7.13. The van der Waals surface area contributed by atoms with Gasteiger partial charge in [0, 0.05) is 35.3 Å². The molecule has 3 aliphatic heterocycles. The van der Waals surface area contributed by atoms with Crippen LogP contribution in [0, 0.1) is 17.8 Å². The lowest BCUT2D eigenvalue weighted by Crippen LogP contribution is -2.39. The van der Waals surface area contributed by atoms with Crippen molar-refractivity contribution in [3.8, 4) is 11.5 Å². The van der Waals surface area contributed by atoms with Gasteiger partial charge in [0.1, 0.15) is 5.75 Å². The lowest BCUT2D eigenvalue weighted by atomic mass is 9.74. The summed E-state index contributed by atoms with van der Waals surface area (Å²) in [6.45, 7) is 0.561. The number of hydrogen-bond acceptors (Lipinski definition) is 8. The Labute approximate surface area is 204 Å². The van der Waals surface area contributed by atoms with E-state index in [1.807, 2.05) is 24.3 Å². The molecule has 2 saturated carbocycles. The molecule has 1 amide bonds. The van der Waals surface area contributed by atoms with Crippen LogP contribution in [-0.2, 0) is 10.2 Å². The molecule has 5 aliphatic rings. The zero-order valence-electron chi connectivity index (χ0n) is 19.7. The smallest absolute Gasteiger partial charge is 0.235 e. The zero-order valence-corrected chi connectivity index (χ0v) is 19.7. The maximum atomic E-state index is 13.1. The Kier molecular flexibility index (Phi) is 4.78. The highest BCUT2D eigenvalue weighted by atomic mass is 16.5. The van der Waals surface area contributed by atoms with Crippen molar-refractivity contribution >= 4 is 17.4 Å². The molecule has 184 valence electrons. The fourth-order valence-electron chi connectivity index (χ4n) is 7.13. The number of fused-ring (bicyclic) bond motifs is 4. The highest BCUT2D eigenvalue weighted by molar-refractivity contribution is 6.09. The van der Waals surface area contributed by atoms with Crippen LogP contribution >= 0.6 is 0 Å². The molecule has 1 saturated heterocycles. The van der Waals surface area contributed by atoms with Crippen molar-refractivity contribution in [3.63, 3.8) is 0 Å². The molecule has 2 aromatic rings. The lowest BCUT2D eigenvalue weighted by Gasteiger charge is -2.34. The summed E-state index contributed by atoms with van der Waals surface area (Å²) in [5.74, 6) is 3.73. The fraction of sp³-hybridized carbons (Fsp3) is 0.538. The van der Waals surface area contributed by atoms with Gasteiger partial charge in [0.05, 0.1) is 31.9 Å². The average molecular weight is 478 g/mol. The second-order valence-electron chi connectivity index (χ2n) is 10.7. The molecule has 1 aromatic heterocycles. The number of ether oxygens (including phenoxy) is 2. The number of aliphatic hydroxyl groups is 1. The van der Waals surface area contributed by atoms with Gasteiger partial charge in [0.2, 0.25) is 5.91 Å². The molecule has 4 unspecified atom stereocenters. The Morgan fingerprint density at radius 3 is 3.06 bits per heavy atom. The Hall–Kier alpha value is -2.88. The van der Waals surface area contributed by atoms with E-state index in [9.17, 15) is 9.90 Å². The van der Waals surface area contributed by atoms with Gasteiger partial charge in [-0.25, -0.2) is 10.4 Å². The van der Waals surface area contributed by atoms with Crippen LogP contribution in [0.15, 0.2) is 30.5 Å². The monoisotopic (exact) mass is 477 g/mol. The SMILES string of the molecule is COc1ccc2c(c1)[C@]1(C[C@H]1C1CCC3C(C1)NNC3Nc1nccc3c1OC[C@H]3CO)C(=O)N2. The molecule has 1 spiro atoms. The Morgan fingerprint density at radius 1 is 1.29 bits per heavy atom. The number of nitrogens with zero attached hydrogens (tertiary/aromatic N) is 1. The summed E-state index contributed by atoms with van der Waals surface area (Å²) in [5, 5.41) is 16.3. The van der Waals surface area contributed by atoms with Crippen LogP contribution in [0.25, 0.3) is 0 Å². The van der Waals surface area contributed by atoms with Crippen LogP contribution in [0.2, 0.25) is 0 Å². The van der Waals surface area contributed by atoms with E-state index in [1.54, 1.807) is 13.3 Å². The van der Waals surface area contributed by atoms with Crippen molar-refractivity contribution in [2.45, 2.75) is 49.2 Å². The Balaban J connectivity index is 1.05. The third-order valence-electron chi connectivity index (χ3n) is 9.06. The highest BCUT2D eigenvalue weighted by Gasteiger charge is 2.67. The first-order chi connectivity index (χ1) is 17.1. The standard InChI is InChI=1S/C26H31N5O4/c1-34-15-3-5-20-18(9-15)26(25(33)28-20)10-19(26)13-2-4-17-21(8-13)30-31-23(17)29-24-22-16(6-7-27-24)14(11-32)12-35-22/h3,5-7,9,13-14,17,19,21,23,30-32H,2,4,8,10-12H2,1H3,(H,27,29)(H,28,33)/t13?,14-,17?,19+,21?,23?,26+/m1/s1. The summed E-state index contributed by atoms with van der Waals surface area (Å²) in [6, 6.07) is 8.19. The number of hydrazine groups is 1. The molecule has 7 rings (SSSR count). The minimum atomic E-state index is -0.389. The summed E-state index contributed by atoms with van der Waals surface area (Å²) >= 11 is 0. The van der Waals surface area contributed by atoms with Gasteiger partial charge in [-0.05, 0) is 67.3 Å². The zero-order chi connectivity index (χ0) is 23.7. The van der Waals surface area contributed by atoms with Crippen molar-refractivity contribution in [3.05, 3.63) is 41.6 Å². The third-order valence-corrected chi connectivity index (χ3v) is 9.06. The molecule has 9 nitrogen and oxygen atoms in total. The quantitative estimate of drug-likeness (QED) is 0.445. The summed E-state index contributed by atoms with van der Waals surface area (Å²) < 4.78 is 11.3. The van der Waals surface area contributed by atoms with Crippen molar-refractivity contribution < 1.29 is 19.4 Å². The molecular weight excluding hydrogens is 446 g/mol. The van der Waals surface area contributed by atoms with Crippen LogP contribution in [0.3, 0.4) is 0 Å². The molecule has 9 heteroatoms. The highest BCUT2D eigenvalue weighted by Crippen LogP contribution is 2.65. The summed E-state index contributed by atoms with van der Waals surface area (Å²) in [7, 11) is 1.67. The molecule has 1 aromatic carbocycles. The van der Waals surface area contributed by atoms with Crippen molar-refractivity contribution in [2.24, 2.45) is 17.8 Å². The van der Waals surface area contributed by atoms with Gasteiger partial charge in [0.25, 0.3) is 0 Å². The van der Waals surface area contributed by atoms with E-state index in [-0.39, 0.29) is 30.0 Å². The number of carbonyl (C=O) groups excluding carboxylic acids is 1. The van der Waals surface area contributed by atoms with Gasteiger partial charge < -0.3 is 25.2 Å². The minimum Gasteiger partial charge on any atom is -0.497 e. The van der Waals surface area contributed by atoms with E-state index in [2.05, 4.69) is 26.5 Å². The largest absolute Gasteiger partial charge is 0.497 e. The number of anilines is 2. The van der Waals surface area contributed by atoms with Gasteiger partial charge in [-0.15, -0.1) is 0 Å². The van der Waals surface area contributed by atoms with E-state index in [1.165, 1.54) is 0 Å². The van der Waals surface area contributed by atoms with E-state index in [0.717, 1.165) is 59.8 Å². The number of rotatable bonds is 5. The summed E-state index contributed by atoms with van der Waals surface area (Å²) in [5.41, 5.74) is 9.63. The maximum absolute atomic E-state index is 13.1. The van der Waals surface area contributed by atoms with E-state index < -0.39 is 0 Å². The normalized spacial score (nSPS) is 36.2. The van der Waals surface area contributed by atoms with Gasteiger partial charge in [-0.2, -0.15) is 0 Å². The second kappa shape index (κ2) is 7.81. The number of hydrogen-bond donors (Lipinski definition) is 5. The lowest BCUT2D eigenvalue weighted by molar-refractivity contribution is -0.118. The molecule has 0 bridgehead atoms. The molecule has 5 N–H and O–H groups in total. The maximum Gasteiger partial charge on any atom is 0.235 e. The van der Waals surface area contributed by atoms with Crippen LogP contribution in [0.5, 0.6) is 11.5 Å². The van der Waals surface area contributed by atoms with Crippen molar-refractivity contribution in [1.82, 2.24) is 15.8 Å². The third kappa shape index (κ3) is 3.11. The van der Waals surface area contributed by atoms with E-state index in [4.69, 9.17) is 9.47 Å². The minimum absolute atomic E-state index is 0.00940. The molecule has 0 radical (unpaired) electrons. The molecule has 3 fully saturated rings. The number of nitrogens with one attached hydrogen (secondary N) is 4. The number of pyridine rings is 1. The first kappa shape index (κ1) is 21.4.